The van der Waals surface area contributed by atoms with Crippen molar-refractivity contribution in [2.24, 2.45) is 10.8 Å². The molecule has 0 fully saturated rings. The fraction of sp³-hybridized carbons (Fsp3) is 0.500. The van der Waals surface area contributed by atoms with E-state index >= 15 is 0 Å². The van der Waals surface area contributed by atoms with E-state index in [0.717, 1.165) is 19.3 Å². The zero-order valence-electron chi connectivity index (χ0n) is 24.4. The van der Waals surface area contributed by atoms with E-state index in [-0.39, 0.29) is 17.8 Å². The Morgan fingerprint density at radius 2 is 1.39 bits per heavy atom. The van der Waals surface area contributed by atoms with Crippen molar-refractivity contribution in [3.8, 4) is 0 Å². The molecular formula is C32H42O7S2. The first-order valence-electron chi connectivity index (χ1n) is 14.1. The molecule has 0 aliphatic carbocycles. The molecule has 2 aliphatic rings. The van der Waals surface area contributed by atoms with Crippen LogP contribution in [0.2, 0.25) is 0 Å². The molecule has 224 valence electrons. The molecule has 0 amide bonds. The minimum Gasteiger partial charge on any atom is -0.481 e. The first-order valence-corrected chi connectivity index (χ1v) is 16.4. The fourth-order valence-corrected chi connectivity index (χ4v) is 7.76. The molecule has 0 radical (unpaired) electrons. The molecule has 3 unspecified atom stereocenters. The van der Waals surface area contributed by atoms with Crippen molar-refractivity contribution in [2.45, 2.75) is 85.2 Å². The number of carbonyl (C=O) groups excluding carboxylic acids is 1. The first-order chi connectivity index (χ1) is 19.3. The average Bonchev–Trinajstić information content (AvgIpc) is 2.92. The van der Waals surface area contributed by atoms with Gasteiger partial charge in [0.25, 0.3) is 0 Å². The summed E-state index contributed by atoms with van der Waals surface area (Å²) in [4.78, 5) is 25.9. The lowest BCUT2D eigenvalue weighted by atomic mass is 9.87. The highest BCUT2D eigenvalue weighted by molar-refractivity contribution is 7.99. The number of unbranched alkanes of at least 4 members (excludes halogenated alkanes) is 2. The normalized spacial score (nSPS) is 21.6. The molecule has 0 saturated carbocycles. The summed E-state index contributed by atoms with van der Waals surface area (Å²) in [7, 11) is -3.16. The minimum atomic E-state index is -1.62. The quantitative estimate of drug-likeness (QED) is 0.228. The monoisotopic (exact) mass is 602 g/mol. The molecule has 9 heteroatoms. The molecule has 1 aromatic carbocycles. The topological polar surface area (TPSA) is 129 Å². The van der Waals surface area contributed by atoms with Gasteiger partial charge in [0.05, 0.1) is 42.9 Å². The summed E-state index contributed by atoms with van der Waals surface area (Å²) in [5.41, 5.74) is 0.0764. The first kappa shape index (κ1) is 33.0. The maximum Gasteiger partial charge on any atom is 0.309 e. The summed E-state index contributed by atoms with van der Waals surface area (Å²) in [6.45, 7) is 7.45. The lowest BCUT2D eigenvalue weighted by molar-refractivity contribution is -0.147. The van der Waals surface area contributed by atoms with Crippen LogP contribution in [0, 0.1) is 10.8 Å². The smallest absolute Gasteiger partial charge is 0.309 e. The number of hydrogen-bond acceptors (Lipinski definition) is 6. The van der Waals surface area contributed by atoms with Crippen LogP contribution in [0.15, 0.2) is 58.4 Å². The predicted octanol–water partition coefficient (Wildman–Crippen LogP) is 5.84. The Kier molecular flexibility index (Phi) is 11.4. The molecule has 0 spiro atoms. The van der Waals surface area contributed by atoms with Gasteiger partial charge in [0.2, 0.25) is 0 Å². The van der Waals surface area contributed by atoms with Crippen LogP contribution in [0.25, 0.3) is 9.81 Å². The number of aliphatic hydroxyl groups excluding tert-OH is 2. The van der Waals surface area contributed by atoms with Gasteiger partial charge < -0.3 is 15.3 Å². The maximum absolute atomic E-state index is 13.7. The number of aliphatic carboxylic acids is 1. The number of allylic oxidation sites excluding steroid dienone is 4. The van der Waals surface area contributed by atoms with Gasteiger partial charge in [-0.15, -0.1) is 0 Å². The van der Waals surface area contributed by atoms with Gasteiger partial charge in [-0.3, -0.25) is 9.59 Å². The van der Waals surface area contributed by atoms with Gasteiger partial charge in [0, 0.05) is 22.5 Å². The highest BCUT2D eigenvalue weighted by Crippen LogP contribution is 2.38. The Hall–Kier alpha value is -2.46. The van der Waals surface area contributed by atoms with Crippen molar-refractivity contribution in [3.05, 3.63) is 69.5 Å². The summed E-state index contributed by atoms with van der Waals surface area (Å²) < 4.78 is 27.3. The van der Waals surface area contributed by atoms with Gasteiger partial charge in [-0.2, -0.15) is 0 Å². The zero-order chi connectivity index (χ0) is 30.4. The SMILES string of the molecule is CC(C)(CO)CCCCC1=CC(O)C=C(c2ccccc2C2=CC(=O)C=C(CCCCC(C)(C)C(=O)O)S2=O)S1=O. The van der Waals surface area contributed by atoms with Crippen molar-refractivity contribution in [2.75, 3.05) is 6.61 Å². The maximum atomic E-state index is 13.7. The van der Waals surface area contributed by atoms with E-state index in [1.54, 1.807) is 50.3 Å². The third-order valence-electron chi connectivity index (χ3n) is 7.60. The second-order valence-electron chi connectivity index (χ2n) is 12.2. The number of aliphatic hydroxyl groups is 2. The third-order valence-corrected chi connectivity index (χ3v) is 10.7. The van der Waals surface area contributed by atoms with Crippen LogP contribution in [-0.2, 0) is 31.2 Å². The molecule has 2 heterocycles. The van der Waals surface area contributed by atoms with Crippen molar-refractivity contribution < 1.29 is 33.3 Å². The van der Waals surface area contributed by atoms with E-state index in [1.165, 1.54) is 12.2 Å². The minimum absolute atomic E-state index is 0.101. The molecule has 3 rings (SSSR count). The van der Waals surface area contributed by atoms with E-state index in [1.807, 2.05) is 13.8 Å². The molecule has 0 aromatic heterocycles. The van der Waals surface area contributed by atoms with Gasteiger partial charge in [-0.1, -0.05) is 51.0 Å². The number of ketones is 1. The van der Waals surface area contributed by atoms with Gasteiger partial charge in [0.15, 0.2) is 5.78 Å². The Morgan fingerprint density at radius 1 is 0.829 bits per heavy atom. The number of carboxylic acids is 1. The standard InChI is InChI=1S/C32H42O7S2/c1-31(2,21-33)15-9-7-11-24-17-22(34)19-28(40(24)38)26-13-5-6-14-27(26)29-20-23(35)18-25(41(29)39)12-8-10-16-32(3,4)30(36)37/h5-6,13-14,17-20,22,33-34H,7-12,15-16,21H2,1-4H3,(H,36,37). The van der Waals surface area contributed by atoms with Crippen LogP contribution in [0.4, 0.5) is 0 Å². The highest BCUT2D eigenvalue weighted by Gasteiger charge is 2.29. The molecule has 2 aliphatic heterocycles. The number of rotatable bonds is 14. The number of carbonyl (C=O) groups is 2. The van der Waals surface area contributed by atoms with Gasteiger partial charge in [-0.05, 0) is 87.1 Å². The van der Waals surface area contributed by atoms with E-state index in [0.29, 0.717) is 62.9 Å². The van der Waals surface area contributed by atoms with Crippen LogP contribution < -0.4 is 0 Å². The molecule has 0 saturated heterocycles. The van der Waals surface area contributed by atoms with E-state index in [4.69, 9.17) is 0 Å². The lowest BCUT2D eigenvalue weighted by Gasteiger charge is -2.23. The average molecular weight is 603 g/mol. The summed E-state index contributed by atoms with van der Waals surface area (Å²) in [6, 6.07) is 7.08. The number of benzene rings is 1. The molecule has 0 bridgehead atoms. The van der Waals surface area contributed by atoms with Crippen LogP contribution in [0.5, 0.6) is 0 Å². The summed E-state index contributed by atoms with van der Waals surface area (Å²) in [6.07, 6.45) is 10.1. The van der Waals surface area contributed by atoms with Crippen molar-refractivity contribution in [1.29, 1.82) is 0 Å². The predicted molar refractivity (Wildman–Crippen MR) is 165 cm³/mol. The fourth-order valence-electron chi connectivity index (χ4n) is 4.81. The van der Waals surface area contributed by atoms with Crippen LogP contribution in [0.1, 0.15) is 90.2 Å². The number of hydrogen-bond donors (Lipinski definition) is 3. The lowest BCUT2D eigenvalue weighted by Crippen LogP contribution is -2.23. The van der Waals surface area contributed by atoms with Crippen LogP contribution >= 0.6 is 0 Å². The Morgan fingerprint density at radius 3 is 2.00 bits per heavy atom. The third kappa shape index (κ3) is 8.77. The zero-order valence-corrected chi connectivity index (χ0v) is 26.0. The van der Waals surface area contributed by atoms with Crippen LogP contribution in [-0.4, -0.2) is 48.2 Å². The Balaban J connectivity index is 1.76. The largest absolute Gasteiger partial charge is 0.481 e. The molecule has 41 heavy (non-hydrogen) atoms. The van der Waals surface area contributed by atoms with Gasteiger partial charge >= 0.3 is 5.97 Å². The molecule has 3 N–H and O–H groups in total. The van der Waals surface area contributed by atoms with E-state index < -0.39 is 39.1 Å². The molecule has 3 atom stereocenters. The van der Waals surface area contributed by atoms with Crippen LogP contribution in [0.3, 0.4) is 0 Å². The second kappa shape index (κ2) is 14.1. The number of carboxylic acid groups (broad SMARTS) is 1. The summed E-state index contributed by atoms with van der Waals surface area (Å²) in [5.74, 6) is -1.14. The summed E-state index contributed by atoms with van der Waals surface area (Å²) in [5, 5.41) is 29.4. The van der Waals surface area contributed by atoms with Crippen molar-refractivity contribution >= 4 is 43.2 Å². The summed E-state index contributed by atoms with van der Waals surface area (Å²) >= 11 is 0. The van der Waals surface area contributed by atoms with Crippen molar-refractivity contribution in [1.82, 2.24) is 0 Å². The van der Waals surface area contributed by atoms with E-state index in [2.05, 4.69) is 0 Å². The Bertz CT molecular complexity index is 1330. The van der Waals surface area contributed by atoms with E-state index in [9.17, 15) is 33.3 Å². The van der Waals surface area contributed by atoms with Crippen molar-refractivity contribution in [3.63, 3.8) is 0 Å². The molecular weight excluding hydrogens is 560 g/mol. The molecule has 7 nitrogen and oxygen atoms in total. The second-order valence-corrected chi connectivity index (χ2v) is 15.2. The highest BCUT2D eigenvalue weighted by atomic mass is 32.2. The Labute approximate surface area is 248 Å². The van der Waals surface area contributed by atoms with Gasteiger partial charge in [0.1, 0.15) is 0 Å². The van der Waals surface area contributed by atoms with Gasteiger partial charge in [-0.25, -0.2) is 8.42 Å². The molecule has 1 aromatic rings.